The smallest absolute Gasteiger partial charge is 0.350 e. The van der Waals surface area contributed by atoms with Gasteiger partial charge in [0.05, 0.1) is 24.1 Å². The Morgan fingerprint density at radius 1 is 1.03 bits per heavy atom. The van der Waals surface area contributed by atoms with Gasteiger partial charge in [-0.3, -0.25) is 4.79 Å². The summed E-state index contributed by atoms with van der Waals surface area (Å²) in [6, 6.07) is 16.3. The van der Waals surface area contributed by atoms with E-state index in [1.165, 1.54) is 11.5 Å². The number of carbonyl (C=O) groups is 2. The van der Waals surface area contributed by atoms with E-state index in [1.807, 2.05) is 37.3 Å². The number of benzene rings is 2. The predicted molar refractivity (Wildman–Crippen MR) is 125 cm³/mol. The molecule has 0 aliphatic rings. The van der Waals surface area contributed by atoms with Crippen LogP contribution in [0.1, 0.15) is 15.9 Å². The minimum atomic E-state index is -0.576. The number of para-hydroxylation sites is 1. The maximum Gasteiger partial charge on any atom is 0.350 e. The van der Waals surface area contributed by atoms with E-state index in [0.29, 0.717) is 11.2 Å². The van der Waals surface area contributed by atoms with Crippen LogP contribution in [0.3, 0.4) is 0 Å². The van der Waals surface area contributed by atoms with Gasteiger partial charge < -0.3 is 10.1 Å². The molecule has 3 heterocycles. The maximum atomic E-state index is 12.9. The number of methoxy groups -OCH3 is 1. The van der Waals surface area contributed by atoms with Gasteiger partial charge in [0.2, 0.25) is 5.91 Å². The molecule has 0 saturated heterocycles. The second-order valence-corrected chi connectivity index (χ2v) is 7.74. The number of nitrogens with zero attached hydrogens (tertiary/aromatic N) is 5. The molecule has 0 saturated carbocycles. The minimum absolute atomic E-state index is 0.213. The van der Waals surface area contributed by atoms with Gasteiger partial charge in [-0.15, -0.1) is 5.10 Å². The Hall–Kier alpha value is -4.73. The number of esters is 1. The van der Waals surface area contributed by atoms with Gasteiger partial charge in [-0.2, -0.15) is 5.10 Å². The van der Waals surface area contributed by atoms with Crippen molar-refractivity contribution in [3.05, 3.63) is 88.6 Å². The van der Waals surface area contributed by atoms with Crippen LogP contribution in [-0.4, -0.2) is 42.8 Å². The maximum absolute atomic E-state index is 12.9. The summed E-state index contributed by atoms with van der Waals surface area (Å²) in [6.45, 7) is 1.68. The van der Waals surface area contributed by atoms with Gasteiger partial charge in [-0.25, -0.2) is 23.2 Å². The van der Waals surface area contributed by atoms with E-state index in [-0.39, 0.29) is 17.8 Å². The molecule has 0 atom stereocenters. The summed E-state index contributed by atoms with van der Waals surface area (Å²) in [5.41, 5.74) is 3.87. The molecule has 10 heteroatoms. The van der Waals surface area contributed by atoms with Gasteiger partial charge in [0.1, 0.15) is 12.1 Å². The van der Waals surface area contributed by atoms with Gasteiger partial charge >= 0.3 is 11.7 Å². The van der Waals surface area contributed by atoms with Gasteiger partial charge in [0.25, 0.3) is 0 Å². The molecule has 0 unspecified atom stereocenters. The minimum Gasteiger partial charge on any atom is -0.465 e. The average molecular weight is 456 g/mol. The van der Waals surface area contributed by atoms with Crippen LogP contribution in [0.15, 0.2) is 71.8 Å². The van der Waals surface area contributed by atoms with Crippen LogP contribution in [0.5, 0.6) is 0 Å². The summed E-state index contributed by atoms with van der Waals surface area (Å²) in [4.78, 5) is 37.5. The highest BCUT2D eigenvalue weighted by Gasteiger charge is 2.17. The number of fused-ring (bicyclic) bond motifs is 3. The Kier molecular flexibility index (Phi) is 5.17. The molecule has 0 radical (unpaired) electrons. The Balaban J connectivity index is 1.47. The summed E-state index contributed by atoms with van der Waals surface area (Å²) in [6.07, 6.45) is 3.23. The van der Waals surface area contributed by atoms with Crippen molar-refractivity contribution in [2.24, 2.45) is 0 Å². The molecule has 0 aliphatic carbocycles. The third kappa shape index (κ3) is 3.71. The lowest BCUT2D eigenvalue weighted by atomic mass is 10.1. The number of aryl methyl sites for hydroxylation is 1. The van der Waals surface area contributed by atoms with Crippen LogP contribution in [-0.2, 0) is 16.1 Å². The lowest BCUT2D eigenvalue weighted by Crippen LogP contribution is -2.28. The zero-order valence-corrected chi connectivity index (χ0v) is 18.4. The number of hydrogen-bond acceptors (Lipinski definition) is 6. The first-order valence-electron chi connectivity index (χ1n) is 10.5. The Morgan fingerprint density at radius 3 is 2.56 bits per heavy atom. The number of nitrogens with one attached hydrogen (secondary N) is 1. The Morgan fingerprint density at radius 2 is 1.79 bits per heavy atom. The van der Waals surface area contributed by atoms with E-state index in [9.17, 15) is 14.4 Å². The lowest BCUT2D eigenvalue weighted by Gasteiger charge is -2.09. The molecule has 1 N–H and O–H groups in total. The number of carbonyl (C=O) groups excluding carboxylic acids is 2. The van der Waals surface area contributed by atoms with Gasteiger partial charge in [0, 0.05) is 18.0 Å². The van der Waals surface area contributed by atoms with Crippen molar-refractivity contribution in [3.63, 3.8) is 0 Å². The van der Waals surface area contributed by atoms with E-state index in [2.05, 4.69) is 15.5 Å². The monoisotopic (exact) mass is 456 g/mol. The first-order chi connectivity index (χ1) is 16.4. The molecule has 5 aromatic rings. The summed E-state index contributed by atoms with van der Waals surface area (Å²) in [5, 5.41) is 11.6. The van der Waals surface area contributed by atoms with Crippen molar-refractivity contribution < 1.29 is 14.3 Å². The fraction of sp³-hybridized carbons (Fsp3) is 0.125. The van der Waals surface area contributed by atoms with Crippen LogP contribution in [0.4, 0.5) is 5.69 Å². The van der Waals surface area contributed by atoms with Crippen molar-refractivity contribution in [2.75, 3.05) is 12.4 Å². The molecule has 2 aromatic carbocycles. The number of aromatic nitrogens is 5. The zero-order valence-electron chi connectivity index (χ0n) is 18.4. The Labute approximate surface area is 193 Å². The number of hydrogen-bond donors (Lipinski definition) is 1. The van der Waals surface area contributed by atoms with Crippen molar-refractivity contribution in [1.82, 2.24) is 23.8 Å². The van der Waals surface area contributed by atoms with Crippen molar-refractivity contribution in [3.8, 4) is 11.3 Å². The third-order valence-corrected chi connectivity index (χ3v) is 5.44. The molecule has 0 spiro atoms. The lowest BCUT2D eigenvalue weighted by molar-refractivity contribution is -0.117. The second kappa shape index (κ2) is 8.32. The van der Waals surface area contributed by atoms with E-state index >= 15 is 0 Å². The highest BCUT2D eigenvalue weighted by molar-refractivity contribution is 6.01. The van der Waals surface area contributed by atoms with Gasteiger partial charge in [0.15, 0.2) is 5.65 Å². The predicted octanol–water partition coefficient (Wildman–Crippen LogP) is 2.54. The quantitative estimate of drug-likeness (QED) is 0.407. The number of anilines is 1. The normalized spacial score (nSPS) is 11.1. The molecular formula is C24H20N6O4. The fourth-order valence-electron chi connectivity index (χ4n) is 3.71. The molecule has 3 aromatic heterocycles. The molecule has 170 valence electrons. The number of ether oxygens (including phenoxy) is 1. The van der Waals surface area contributed by atoms with Crippen LogP contribution in [0.2, 0.25) is 0 Å². The van der Waals surface area contributed by atoms with Gasteiger partial charge in [-0.05, 0) is 25.1 Å². The molecule has 0 bridgehead atoms. The van der Waals surface area contributed by atoms with Crippen LogP contribution < -0.4 is 11.0 Å². The standard InChI is InChI=1S/C24H20N6O4/c1-15-7-9-16(10-8-15)19-13-20-22-27-30(24(33)28(22)11-12-29(20)26-19)14-21(31)25-18-6-4-3-5-17(18)23(32)34-2/h3-13H,14H2,1-2H3,(H,25,31). The van der Waals surface area contributed by atoms with Crippen molar-refractivity contribution in [1.29, 1.82) is 0 Å². The van der Waals surface area contributed by atoms with E-state index < -0.39 is 17.6 Å². The molecule has 5 rings (SSSR count). The Bertz CT molecular complexity index is 1610. The summed E-state index contributed by atoms with van der Waals surface area (Å²) in [5.74, 6) is -1.08. The van der Waals surface area contributed by atoms with E-state index in [1.54, 1.807) is 41.2 Å². The molecular weight excluding hydrogens is 436 g/mol. The second-order valence-electron chi connectivity index (χ2n) is 7.74. The number of amides is 1. The van der Waals surface area contributed by atoms with E-state index in [0.717, 1.165) is 21.5 Å². The third-order valence-electron chi connectivity index (χ3n) is 5.44. The van der Waals surface area contributed by atoms with Crippen molar-refractivity contribution in [2.45, 2.75) is 13.5 Å². The molecule has 34 heavy (non-hydrogen) atoms. The highest BCUT2D eigenvalue weighted by atomic mass is 16.5. The van der Waals surface area contributed by atoms with Crippen LogP contribution in [0.25, 0.3) is 22.4 Å². The topological polar surface area (TPSA) is 112 Å². The molecule has 10 nitrogen and oxygen atoms in total. The van der Waals surface area contributed by atoms with Crippen molar-refractivity contribution >= 4 is 28.7 Å². The number of rotatable bonds is 5. The summed E-state index contributed by atoms with van der Waals surface area (Å²) < 4.78 is 8.83. The molecule has 0 aliphatic heterocycles. The summed E-state index contributed by atoms with van der Waals surface area (Å²) in [7, 11) is 1.26. The van der Waals surface area contributed by atoms with Crippen LogP contribution >= 0.6 is 0 Å². The zero-order chi connectivity index (χ0) is 23.8. The van der Waals surface area contributed by atoms with E-state index in [4.69, 9.17) is 4.74 Å². The fourth-order valence-corrected chi connectivity index (χ4v) is 3.71. The SMILES string of the molecule is COC(=O)c1ccccc1NC(=O)Cn1nc2c3cc(-c4ccc(C)cc4)nn3ccn2c1=O. The molecule has 0 fully saturated rings. The van der Waals surface area contributed by atoms with Crippen LogP contribution in [0, 0.1) is 6.92 Å². The average Bonchev–Trinajstić information content (AvgIpc) is 3.41. The molecule has 1 amide bonds. The highest BCUT2D eigenvalue weighted by Crippen LogP contribution is 2.22. The first-order valence-corrected chi connectivity index (χ1v) is 10.5. The largest absolute Gasteiger partial charge is 0.465 e. The summed E-state index contributed by atoms with van der Waals surface area (Å²) >= 11 is 0. The first kappa shape index (κ1) is 21.1. The van der Waals surface area contributed by atoms with Gasteiger partial charge in [-0.1, -0.05) is 42.0 Å².